The molecule has 0 aliphatic heterocycles. The van der Waals surface area contributed by atoms with E-state index < -0.39 is 6.04 Å². The zero-order valence-corrected chi connectivity index (χ0v) is 16.5. The van der Waals surface area contributed by atoms with Gasteiger partial charge in [0.2, 0.25) is 5.91 Å². The van der Waals surface area contributed by atoms with Gasteiger partial charge in [-0.25, -0.2) is 4.98 Å². The van der Waals surface area contributed by atoms with Gasteiger partial charge in [0.05, 0.1) is 16.8 Å². The third-order valence-corrected chi connectivity index (χ3v) is 4.60. The van der Waals surface area contributed by atoms with Crippen molar-refractivity contribution in [2.75, 3.05) is 6.54 Å². The Balaban J connectivity index is 1.96. The highest BCUT2D eigenvalue weighted by Gasteiger charge is 2.19. The fourth-order valence-corrected chi connectivity index (χ4v) is 2.98. The summed E-state index contributed by atoms with van der Waals surface area (Å²) >= 11 is 0. The minimum absolute atomic E-state index is 0.188. The lowest BCUT2D eigenvalue weighted by Gasteiger charge is -2.15. The Bertz CT molecular complexity index is 996. The van der Waals surface area contributed by atoms with E-state index in [9.17, 15) is 9.59 Å². The fraction of sp³-hybridized carbons (Fsp3) is 0.261. The van der Waals surface area contributed by atoms with Gasteiger partial charge < -0.3 is 10.6 Å². The number of hydrogen-bond acceptors (Lipinski definition) is 3. The molecule has 5 heteroatoms. The summed E-state index contributed by atoms with van der Waals surface area (Å²) < 4.78 is 0. The van der Waals surface area contributed by atoms with Gasteiger partial charge in [0.25, 0.3) is 5.91 Å². The Morgan fingerprint density at radius 2 is 1.79 bits per heavy atom. The van der Waals surface area contributed by atoms with Crippen LogP contribution in [0.1, 0.15) is 36.2 Å². The van der Waals surface area contributed by atoms with Crippen molar-refractivity contribution in [3.63, 3.8) is 0 Å². The molecule has 0 spiro atoms. The van der Waals surface area contributed by atoms with Crippen LogP contribution in [-0.2, 0) is 4.79 Å². The van der Waals surface area contributed by atoms with E-state index in [1.807, 2.05) is 62.4 Å². The van der Waals surface area contributed by atoms with Gasteiger partial charge in [0.1, 0.15) is 6.04 Å². The number of aryl methyl sites for hydroxylation is 1. The van der Waals surface area contributed by atoms with E-state index in [4.69, 9.17) is 4.98 Å². The van der Waals surface area contributed by atoms with E-state index in [0.717, 1.165) is 34.1 Å². The summed E-state index contributed by atoms with van der Waals surface area (Å²) in [5.74, 6) is -0.474. The van der Waals surface area contributed by atoms with Crippen molar-refractivity contribution < 1.29 is 9.59 Å². The maximum Gasteiger partial charge on any atom is 0.252 e. The predicted molar refractivity (Wildman–Crippen MR) is 112 cm³/mol. The number of nitrogens with one attached hydrogen (secondary N) is 2. The molecule has 28 heavy (non-hydrogen) atoms. The molecule has 2 aromatic carbocycles. The van der Waals surface area contributed by atoms with E-state index in [1.54, 1.807) is 13.0 Å². The molecule has 0 bridgehead atoms. The topological polar surface area (TPSA) is 71.1 Å². The van der Waals surface area contributed by atoms with Gasteiger partial charge in [0.15, 0.2) is 0 Å². The number of para-hydroxylation sites is 1. The van der Waals surface area contributed by atoms with Gasteiger partial charge in [0, 0.05) is 17.5 Å². The van der Waals surface area contributed by atoms with E-state index in [2.05, 4.69) is 10.6 Å². The van der Waals surface area contributed by atoms with Gasteiger partial charge in [-0.15, -0.1) is 0 Å². The van der Waals surface area contributed by atoms with Crippen LogP contribution >= 0.6 is 0 Å². The minimum atomic E-state index is -0.617. The van der Waals surface area contributed by atoms with Crippen molar-refractivity contribution in [2.24, 2.45) is 0 Å². The maximum atomic E-state index is 13.0. The lowest BCUT2D eigenvalue weighted by atomic mass is 10.0. The third kappa shape index (κ3) is 4.36. The Labute approximate surface area is 165 Å². The van der Waals surface area contributed by atoms with Gasteiger partial charge in [-0.2, -0.15) is 0 Å². The zero-order chi connectivity index (χ0) is 20.1. The molecule has 0 unspecified atom stereocenters. The van der Waals surface area contributed by atoms with Gasteiger partial charge in [-0.3, -0.25) is 9.59 Å². The molecule has 0 saturated heterocycles. The lowest BCUT2D eigenvalue weighted by Crippen LogP contribution is -2.45. The maximum absolute atomic E-state index is 13.0. The molecule has 1 aromatic heterocycles. The molecule has 2 amide bonds. The molecular formula is C23H25N3O2. The number of pyridine rings is 1. The van der Waals surface area contributed by atoms with Gasteiger partial charge in [-0.05, 0) is 32.4 Å². The van der Waals surface area contributed by atoms with Gasteiger partial charge in [-0.1, -0.05) is 55.0 Å². The van der Waals surface area contributed by atoms with Crippen molar-refractivity contribution >= 4 is 22.7 Å². The van der Waals surface area contributed by atoms with Crippen LogP contribution in [0.3, 0.4) is 0 Å². The van der Waals surface area contributed by atoms with E-state index >= 15 is 0 Å². The monoisotopic (exact) mass is 375 g/mol. The van der Waals surface area contributed by atoms with Crippen LogP contribution in [0.25, 0.3) is 22.2 Å². The molecule has 0 aliphatic rings. The second-order valence-corrected chi connectivity index (χ2v) is 6.92. The Hall–Kier alpha value is -3.21. The number of amides is 2. The smallest absolute Gasteiger partial charge is 0.252 e. The molecule has 2 N–H and O–H groups in total. The molecule has 0 fully saturated rings. The molecule has 1 heterocycles. The number of rotatable bonds is 6. The van der Waals surface area contributed by atoms with Crippen LogP contribution in [0.4, 0.5) is 0 Å². The molecule has 1 atom stereocenters. The predicted octanol–water partition coefficient (Wildman–Crippen LogP) is 3.85. The highest BCUT2D eigenvalue weighted by molar-refractivity contribution is 6.08. The minimum Gasteiger partial charge on any atom is -0.354 e. The fourth-order valence-electron chi connectivity index (χ4n) is 2.98. The molecule has 3 aromatic rings. The Kier molecular flexibility index (Phi) is 6.04. The van der Waals surface area contributed by atoms with Crippen molar-refractivity contribution in [3.05, 3.63) is 65.7 Å². The normalized spacial score (nSPS) is 11.8. The SMILES string of the molecule is CCCNC(=O)[C@H](C)NC(=O)c1cc(-c2ccc(C)cc2)nc2ccccc12. The van der Waals surface area contributed by atoms with Crippen molar-refractivity contribution in [3.8, 4) is 11.3 Å². The summed E-state index contributed by atoms with van der Waals surface area (Å²) in [6, 6.07) is 16.7. The summed E-state index contributed by atoms with van der Waals surface area (Å²) in [5.41, 5.74) is 4.09. The van der Waals surface area contributed by atoms with Crippen LogP contribution in [-0.4, -0.2) is 29.4 Å². The molecule has 3 rings (SSSR count). The molecular weight excluding hydrogens is 350 g/mol. The van der Waals surface area contributed by atoms with E-state index in [-0.39, 0.29) is 11.8 Å². The highest BCUT2D eigenvalue weighted by atomic mass is 16.2. The second kappa shape index (κ2) is 8.65. The first-order valence-corrected chi connectivity index (χ1v) is 9.55. The number of hydrogen-bond donors (Lipinski definition) is 2. The Morgan fingerprint density at radius 3 is 2.50 bits per heavy atom. The molecule has 5 nitrogen and oxygen atoms in total. The van der Waals surface area contributed by atoms with Crippen molar-refractivity contribution in [1.29, 1.82) is 0 Å². The first-order chi connectivity index (χ1) is 13.5. The van der Waals surface area contributed by atoms with Crippen molar-refractivity contribution in [2.45, 2.75) is 33.2 Å². The molecule has 0 radical (unpaired) electrons. The van der Waals surface area contributed by atoms with Crippen molar-refractivity contribution in [1.82, 2.24) is 15.6 Å². The van der Waals surface area contributed by atoms with Crippen LogP contribution in [0.5, 0.6) is 0 Å². The molecule has 0 saturated carbocycles. The lowest BCUT2D eigenvalue weighted by molar-refractivity contribution is -0.122. The first kappa shape index (κ1) is 19.5. The van der Waals surface area contributed by atoms with Gasteiger partial charge >= 0.3 is 0 Å². The Morgan fingerprint density at radius 1 is 1.07 bits per heavy atom. The average molecular weight is 375 g/mol. The standard InChI is InChI=1S/C23H25N3O2/c1-4-13-24-22(27)16(3)25-23(28)19-14-21(17-11-9-15(2)10-12-17)26-20-8-6-5-7-18(19)20/h5-12,14,16H,4,13H2,1-3H3,(H,24,27)(H,25,28)/t16-/m0/s1. The summed E-state index contributed by atoms with van der Waals surface area (Å²) in [5, 5.41) is 6.37. The number of nitrogens with zero attached hydrogens (tertiary/aromatic N) is 1. The second-order valence-electron chi connectivity index (χ2n) is 6.92. The number of fused-ring (bicyclic) bond motifs is 1. The third-order valence-electron chi connectivity index (χ3n) is 4.60. The summed E-state index contributed by atoms with van der Waals surface area (Å²) in [6.07, 6.45) is 0.849. The van der Waals surface area contributed by atoms with E-state index in [0.29, 0.717) is 12.1 Å². The van der Waals surface area contributed by atoms with Crippen LogP contribution < -0.4 is 10.6 Å². The largest absolute Gasteiger partial charge is 0.354 e. The number of carbonyl (C=O) groups excluding carboxylic acids is 2. The van der Waals surface area contributed by atoms with Crippen LogP contribution in [0, 0.1) is 6.92 Å². The molecule has 0 aliphatic carbocycles. The van der Waals surface area contributed by atoms with Crippen LogP contribution in [0.15, 0.2) is 54.6 Å². The molecule has 144 valence electrons. The zero-order valence-electron chi connectivity index (χ0n) is 16.5. The van der Waals surface area contributed by atoms with Crippen LogP contribution in [0.2, 0.25) is 0 Å². The first-order valence-electron chi connectivity index (χ1n) is 9.55. The summed E-state index contributed by atoms with van der Waals surface area (Å²) in [4.78, 5) is 29.8. The number of aromatic nitrogens is 1. The average Bonchev–Trinajstić information content (AvgIpc) is 2.71. The van der Waals surface area contributed by atoms with E-state index in [1.165, 1.54) is 0 Å². The quantitative estimate of drug-likeness (QED) is 0.687. The summed E-state index contributed by atoms with van der Waals surface area (Å²) in [6.45, 7) is 6.29. The number of benzene rings is 2. The highest BCUT2D eigenvalue weighted by Crippen LogP contribution is 2.25. The number of carbonyl (C=O) groups is 2. The summed E-state index contributed by atoms with van der Waals surface area (Å²) in [7, 11) is 0.